The van der Waals surface area contributed by atoms with Gasteiger partial charge in [0.1, 0.15) is 17.2 Å². The number of nitrogens with one attached hydrogen (secondary N) is 1. The fourth-order valence-corrected chi connectivity index (χ4v) is 3.90. The Balaban J connectivity index is 1.56. The second kappa shape index (κ2) is 7.66. The molecule has 0 radical (unpaired) electrons. The van der Waals surface area contributed by atoms with Crippen molar-refractivity contribution in [2.45, 2.75) is 32.2 Å². The van der Waals surface area contributed by atoms with Crippen LogP contribution in [0.15, 0.2) is 6.33 Å². The summed E-state index contributed by atoms with van der Waals surface area (Å²) in [6.45, 7) is 4.94. The molecule has 2 aliphatic heterocycles. The van der Waals surface area contributed by atoms with E-state index < -0.39 is 0 Å². The topological polar surface area (TPSA) is 78.4 Å². The maximum absolute atomic E-state index is 12.7. The molecule has 7 nitrogen and oxygen atoms in total. The Kier molecular flexibility index (Phi) is 5.54. The van der Waals surface area contributed by atoms with E-state index in [9.17, 15) is 9.59 Å². The third-order valence-electron chi connectivity index (χ3n) is 5.33. The van der Waals surface area contributed by atoms with Crippen molar-refractivity contribution in [2.75, 3.05) is 33.2 Å². The smallest absolute Gasteiger partial charge is 0.272 e. The number of hydrogen-bond acceptors (Lipinski definition) is 5. The number of hydrogen-bond donors (Lipinski definition) is 1. The van der Waals surface area contributed by atoms with Crippen molar-refractivity contribution in [1.82, 2.24) is 25.1 Å². The number of carbonyl (C=O) groups excluding carboxylic acids is 2. The summed E-state index contributed by atoms with van der Waals surface area (Å²) >= 11 is 6.00. The molecule has 1 aromatic heterocycles. The summed E-state index contributed by atoms with van der Waals surface area (Å²) in [5, 5.41) is 3.06. The molecule has 2 saturated heterocycles. The quantitative estimate of drug-likeness (QED) is 0.812. The number of piperidine rings is 1. The lowest BCUT2D eigenvalue weighted by molar-refractivity contribution is -0.124. The Bertz CT molecular complexity index is 660. The van der Waals surface area contributed by atoms with Crippen LogP contribution in [0.5, 0.6) is 0 Å². The van der Waals surface area contributed by atoms with Gasteiger partial charge in [-0.05, 0) is 32.7 Å². The molecule has 2 aliphatic rings. The van der Waals surface area contributed by atoms with Crippen molar-refractivity contribution in [2.24, 2.45) is 5.92 Å². The van der Waals surface area contributed by atoms with Crippen molar-refractivity contribution in [3.63, 3.8) is 0 Å². The molecule has 2 fully saturated rings. The van der Waals surface area contributed by atoms with Gasteiger partial charge in [0.15, 0.2) is 0 Å². The maximum atomic E-state index is 12.7. The molecule has 3 heterocycles. The molecule has 0 aliphatic carbocycles. The minimum absolute atomic E-state index is 0.0788. The van der Waals surface area contributed by atoms with Gasteiger partial charge in [0, 0.05) is 38.3 Å². The van der Waals surface area contributed by atoms with Crippen LogP contribution in [-0.2, 0) is 4.79 Å². The zero-order valence-electron chi connectivity index (χ0n) is 14.7. The predicted octanol–water partition coefficient (Wildman–Crippen LogP) is 1.11. The van der Waals surface area contributed by atoms with Gasteiger partial charge >= 0.3 is 0 Å². The summed E-state index contributed by atoms with van der Waals surface area (Å²) in [7, 11) is 1.69. The van der Waals surface area contributed by atoms with Crippen molar-refractivity contribution in [3.05, 3.63) is 22.7 Å². The number of nitrogens with zero attached hydrogens (tertiary/aromatic N) is 4. The Morgan fingerprint density at radius 3 is 2.60 bits per heavy atom. The van der Waals surface area contributed by atoms with Gasteiger partial charge in [-0.1, -0.05) is 11.6 Å². The van der Waals surface area contributed by atoms with Gasteiger partial charge in [0.05, 0.1) is 5.92 Å². The molecule has 8 heteroatoms. The molecule has 1 aromatic rings. The van der Waals surface area contributed by atoms with Gasteiger partial charge in [-0.2, -0.15) is 0 Å². The van der Waals surface area contributed by atoms with Crippen molar-refractivity contribution in [3.8, 4) is 0 Å². The normalized spacial score (nSPS) is 22.2. The Hall–Kier alpha value is -1.73. The summed E-state index contributed by atoms with van der Waals surface area (Å²) in [5.41, 5.74) is 1.02. The highest BCUT2D eigenvalue weighted by atomic mass is 35.5. The van der Waals surface area contributed by atoms with Gasteiger partial charge in [-0.25, -0.2) is 9.97 Å². The fraction of sp³-hybridized carbons (Fsp3) is 0.647. The third-order valence-corrected chi connectivity index (χ3v) is 5.71. The van der Waals surface area contributed by atoms with Crippen LogP contribution in [0.3, 0.4) is 0 Å². The molecule has 2 amide bonds. The third kappa shape index (κ3) is 3.77. The first-order chi connectivity index (χ1) is 12.0. The average Bonchev–Trinajstić information content (AvgIpc) is 3.13. The zero-order chi connectivity index (χ0) is 18.0. The summed E-state index contributed by atoms with van der Waals surface area (Å²) in [6.07, 6.45) is 4.09. The second-order valence-corrected chi connectivity index (χ2v) is 7.11. The number of rotatable bonds is 3. The van der Waals surface area contributed by atoms with Crippen LogP contribution in [0, 0.1) is 12.8 Å². The molecule has 1 unspecified atom stereocenters. The van der Waals surface area contributed by atoms with Crippen molar-refractivity contribution in [1.29, 1.82) is 0 Å². The van der Waals surface area contributed by atoms with Crippen LogP contribution in [0.25, 0.3) is 0 Å². The lowest BCUT2D eigenvalue weighted by Gasteiger charge is -2.36. The first kappa shape index (κ1) is 18.1. The first-order valence-corrected chi connectivity index (χ1v) is 9.11. The lowest BCUT2D eigenvalue weighted by atomic mass is 10.0. The minimum Gasteiger partial charge on any atom is -0.359 e. The summed E-state index contributed by atoms with van der Waals surface area (Å²) in [5.74, 6) is 0.145. The van der Waals surface area contributed by atoms with E-state index in [-0.39, 0.29) is 17.7 Å². The molecular weight excluding hydrogens is 342 g/mol. The number of aromatic nitrogens is 2. The number of halogens is 1. The number of carbonyl (C=O) groups is 2. The molecule has 25 heavy (non-hydrogen) atoms. The van der Waals surface area contributed by atoms with Gasteiger partial charge in [-0.15, -0.1) is 0 Å². The molecular formula is C17H24ClN5O2. The van der Waals surface area contributed by atoms with Gasteiger partial charge < -0.3 is 10.2 Å². The molecule has 3 rings (SSSR count). The van der Waals surface area contributed by atoms with E-state index >= 15 is 0 Å². The van der Waals surface area contributed by atoms with Crippen LogP contribution < -0.4 is 5.32 Å². The van der Waals surface area contributed by atoms with Gasteiger partial charge in [-0.3, -0.25) is 14.5 Å². The van der Waals surface area contributed by atoms with Crippen LogP contribution >= 0.6 is 11.6 Å². The Morgan fingerprint density at radius 2 is 1.92 bits per heavy atom. The molecule has 0 bridgehead atoms. The van der Waals surface area contributed by atoms with Crippen LogP contribution in [-0.4, -0.2) is 70.9 Å². The molecule has 0 aromatic carbocycles. The predicted molar refractivity (Wildman–Crippen MR) is 94.5 cm³/mol. The Labute approximate surface area is 152 Å². The average molecular weight is 366 g/mol. The Morgan fingerprint density at radius 1 is 1.20 bits per heavy atom. The molecule has 0 saturated carbocycles. The van der Waals surface area contributed by atoms with Crippen molar-refractivity contribution < 1.29 is 9.59 Å². The lowest BCUT2D eigenvalue weighted by Crippen LogP contribution is -2.46. The summed E-state index contributed by atoms with van der Waals surface area (Å²) in [6, 6.07) is 0.439. The van der Waals surface area contributed by atoms with E-state index in [0.29, 0.717) is 35.5 Å². The molecule has 1 atom stereocenters. The minimum atomic E-state index is -0.0788. The highest BCUT2D eigenvalue weighted by Gasteiger charge is 2.34. The standard InChI is InChI=1S/C17H24ClN5O2/c1-11-14(20-10-21-15(11)18)17(25)22-7-4-13(5-8-22)23-6-3-12(9-23)16(24)19-2/h10,12-13H,3-9H2,1-2H3,(H,19,24). The largest absolute Gasteiger partial charge is 0.359 e. The maximum Gasteiger partial charge on any atom is 0.272 e. The van der Waals surface area contributed by atoms with E-state index in [1.54, 1.807) is 14.0 Å². The van der Waals surface area contributed by atoms with Crippen LogP contribution in [0.4, 0.5) is 0 Å². The SMILES string of the molecule is CNC(=O)C1CCN(C2CCN(C(=O)c3ncnc(Cl)c3C)CC2)C1. The van der Waals surface area contributed by atoms with E-state index in [2.05, 4.69) is 20.2 Å². The summed E-state index contributed by atoms with van der Waals surface area (Å²) < 4.78 is 0. The van der Waals surface area contributed by atoms with Gasteiger partial charge in [0.2, 0.25) is 5.91 Å². The highest BCUT2D eigenvalue weighted by molar-refractivity contribution is 6.30. The number of amides is 2. The van der Waals surface area contributed by atoms with E-state index in [1.807, 2.05) is 4.90 Å². The van der Waals surface area contributed by atoms with Crippen molar-refractivity contribution >= 4 is 23.4 Å². The monoisotopic (exact) mass is 365 g/mol. The van der Waals surface area contributed by atoms with E-state index in [4.69, 9.17) is 11.6 Å². The second-order valence-electron chi connectivity index (χ2n) is 6.76. The molecule has 1 N–H and O–H groups in total. The van der Waals surface area contributed by atoms with Crippen LogP contribution in [0.1, 0.15) is 35.3 Å². The van der Waals surface area contributed by atoms with E-state index in [1.165, 1.54) is 6.33 Å². The fourth-order valence-electron chi connectivity index (χ4n) is 3.77. The number of likely N-dealkylation sites (tertiary alicyclic amines) is 2. The van der Waals surface area contributed by atoms with Crippen LogP contribution in [0.2, 0.25) is 5.15 Å². The molecule has 0 spiro atoms. The highest BCUT2D eigenvalue weighted by Crippen LogP contribution is 2.25. The van der Waals surface area contributed by atoms with E-state index in [0.717, 1.165) is 32.4 Å². The van der Waals surface area contributed by atoms with Gasteiger partial charge in [0.25, 0.3) is 5.91 Å². The first-order valence-electron chi connectivity index (χ1n) is 8.73. The summed E-state index contributed by atoms with van der Waals surface area (Å²) in [4.78, 5) is 36.7. The molecule has 136 valence electrons. The zero-order valence-corrected chi connectivity index (χ0v) is 15.4.